The maximum absolute atomic E-state index is 12.8. The highest BCUT2D eigenvalue weighted by molar-refractivity contribution is 5.96. The van der Waals surface area contributed by atoms with Crippen molar-refractivity contribution >= 4 is 11.9 Å². The quantitative estimate of drug-likeness (QED) is 0.0605. The second-order valence-electron chi connectivity index (χ2n) is 18.2. The number of carbonyl (C=O) groups excluding carboxylic acids is 2. The molecule has 3 nitrogen and oxygen atoms in total. The third-order valence-corrected chi connectivity index (χ3v) is 10.5. The Morgan fingerprint density at radius 1 is 0.489 bits per heavy atom. The van der Waals surface area contributed by atoms with Gasteiger partial charge in [0.15, 0.2) is 0 Å². The van der Waals surface area contributed by atoms with Gasteiger partial charge < -0.3 is 4.74 Å². The van der Waals surface area contributed by atoms with Crippen LogP contribution in [-0.4, -0.2) is 11.9 Å². The van der Waals surface area contributed by atoms with Crippen LogP contribution in [0.25, 0.3) is 0 Å². The van der Waals surface area contributed by atoms with Gasteiger partial charge in [-0.3, -0.25) is 9.59 Å². The molecule has 0 aromatic heterocycles. The van der Waals surface area contributed by atoms with Crippen molar-refractivity contribution in [1.82, 2.24) is 0 Å². The van der Waals surface area contributed by atoms with Crippen LogP contribution in [0.1, 0.15) is 167 Å². The van der Waals surface area contributed by atoms with Crippen molar-refractivity contribution in [2.75, 3.05) is 0 Å². The summed E-state index contributed by atoms with van der Waals surface area (Å²) in [4.78, 5) is 25.6. The molecule has 0 bridgehead atoms. The molecular formula is C42H78O3. The summed E-state index contributed by atoms with van der Waals surface area (Å²) in [6, 6.07) is 0. The van der Waals surface area contributed by atoms with E-state index >= 15 is 0 Å². The predicted octanol–water partition coefficient (Wildman–Crippen LogP) is 12.6. The van der Waals surface area contributed by atoms with Crippen LogP contribution in [0.5, 0.6) is 0 Å². The average molecular weight is 631 g/mol. The maximum atomic E-state index is 12.8. The molecule has 0 N–H and O–H groups in total. The van der Waals surface area contributed by atoms with Crippen LogP contribution in [0.2, 0.25) is 0 Å². The molecule has 1 fully saturated rings. The topological polar surface area (TPSA) is 43.4 Å². The summed E-state index contributed by atoms with van der Waals surface area (Å²) < 4.78 is 5.21. The SMILES string of the molecule is C=C(CC(C)CC(C)CC(C)CC(C)CC(C)C)CC1C(=O)OC(=O)C1CC(C)CC(C)CC(C)CC(C)CC(C)CC(C)C. The second-order valence-corrected chi connectivity index (χ2v) is 18.2. The molecule has 1 rings (SSSR count). The second kappa shape index (κ2) is 21.0. The summed E-state index contributed by atoms with van der Waals surface area (Å²) >= 11 is 0. The van der Waals surface area contributed by atoms with E-state index in [1.165, 1.54) is 51.4 Å². The Hall–Kier alpha value is -1.12. The molecule has 0 saturated carbocycles. The fourth-order valence-electron chi connectivity index (χ4n) is 9.66. The maximum Gasteiger partial charge on any atom is 0.317 e. The van der Waals surface area contributed by atoms with Crippen molar-refractivity contribution in [1.29, 1.82) is 0 Å². The first-order valence-corrected chi connectivity index (χ1v) is 19.3. The minimum Gasteiger partial charge on any atom is -0.393 e. The van der Waals surface area contributed by atoms with Gasteiger partial charge in [-0.15, -0.1) is 0 Å². The molecule has 0 aliphatic carbocycles. The average Bonchev–Trinajstić information content (AvgIpc) is 3.08. The van der Waals surface area contributed by atoms with Crippen molar-refractivity contribution in [3.63, 3.8) is 0 Å². The summed E-state index contributed by atoms with van der Waals surface area (Å²) in [5, 5.41) is 0. The van der Waals surface area contributed by atoms with Crippen LogP contribution in [-0.2, 0) is 14.3 Å². The standard InChI is InChI=1S/C42H78O3/c1-27(2)15-29(5)17-31(7)19-33(9)21-35(11)23-37(13)25-39-40(42(44)45-41(39)43)26-38(14)24-36(12)22-34(10)20-32(8)18-30(6)16-28(3)4/h27-36,38-40H,13,15-26H2,1-12,14H3. The normalized spacial score (nSPS) is 23.4. The molecule has 1 aliphatic heterocycles. The highest BCUT2D eigenvalue weighted by Gasteiger charge is 2.44. The first kappa shape index (κ1) is 41.9. The van der Waals surface area contributed by atoms with E-state index in [2.05, 4.69) is 96.6 Å². The van der Waals surface area contributed by atoms with E-state index in [0.29, 0.717) is 36.0 Å². The van der Waals surface area contributed by atoms with Crippen LogP contribution in [0.4, 0.5) is 0 Å². The minimum atomic E-state index is -0.359. The number of esters is 2. The van der Waals surface area contributed by atoms with Crippen molar-refractivity contribution < 1.29 is 14.3 Å². The Bertz CT molecular complexity index is 858. The Labute approximate surface area is 281 Å². The van der Waals surface area contributed by atoms with Gasteiger partial charge in [-0.2, -0.15) is 0 Å². The molecule has 11 unspecified atom stereocenters. The monoisotopic (exact) mass is 631 g/mol. The van der Waals surface area contributed by atoms with Gasteiger partial charge in [-0.1, -0.05) is 102 Å². The molecule has 0 amide bonds. The first-order chi connectivity index (χ1) is 20.9. The van der Waals surface area contributed by atoms with Gasteiger partial charge in [0.1, 0.15) is 0 Å². The van der Waals surface area contributed by atoms with Crippen LogP contribution >= 0.6 is 0 Å². The number of carbonyl (C=O) groups is 2. The molecule has 11 atom stereocenters. The first-order valence-electron chi connectivity index (χ1n) is 19.3. The number of ether oxygens (including phenoxy) is 1. The Kier molecular flexibility index (Phi) is 19.5. The fraction of sp³-hybridized carbons (Fsp3) is 0.905. The van der Waals surface area contributed by atoms with Gasteiger partial charge in [0.05, 0.1) is 11.8 Å². The molecular weight excluding hydrogens is 552 g/mol. The van der Waals surface area contributed by atoms with Gasteiger partial charge in [0.25, 0.3) is 0 Å². The molecule has 0 radical (unpaired) electrons. The minimum absolute atomic E-state index is 0.308. The van der Waals surface area contributed by atoms with Crippen molar-refractivity contribution in [3.8, 4) is 0 Å². The molecule has 1 heterocycles. The number of rotatable bonds is 24. The van der Waals surface area contributed by atoms with E-state index in [4.69, 9.17) is 4.74 Å². The predicted molar refractivity (Wildman–Crippen MR) is 195 cm³/mol. The van der Waals surface area contributed by atoms with Crippen LogP contribution in [0.3, 0.4) is 0 Å². The lowest BCUT2D eigenvalue weighted by molar-refractivity contribution is -0.153. The van der Waals surface area contributed by atoms with Gasteiger partial charge in [0, 0.05) is 0 Å². The Morgan fingerprint density at radius 3 is 1.18 bits per heavy atom. The smallest absolute Gasteiger partial charge is 0.317 e. The summed E-state index contributed by atoms with van der Waals surface area (Å²) in [6.45, 7) is 35.1. The lowest BCUT2D eigenvalue weighted by atomic mass is 9.78. The molecule has 0 spiro atoms. The summed E-state index contributed by atoms with van der Waals surface area (Å²) in [6.07, 6.45) is 13.6. The zero-order valence-corrected chi connectivity index (χ0v) is 32.4. The van der Waals surface area contributed by atoms with Gasteiger partial charge in [-0.25, -0.2) is 0 Å². The highest BCUT2D eigenvalue weighted by atomic mass is 16.6. The number of cyclic esters (lactones) is 2. The van der Waals surface area contributed by atoms with Gasteiger partial charge >= 0.3 is 11.9 Å². The zero-order valence-electron chi connectivity index (χ0n) is 32.4. The fourth-order valence-corrected chi connectivity index (χ4v) is 9.66. The molecule has 264 valence electrons. The zero-order chi connectivity index (χ0) is 34.4. The third kappa shape index (κ3) is 18.1. The summed E-state index contributed by atoms with van der Waals surface area (Å²) in [7, 11) is 0. The van der Waals surface area contributed by atoms with E-state index in [0.717, 1.165) is 60.3 Å². The molecule has 0 aromatic carbocycles. The Morgan fingerprint density at radius 2 is 0.800 bits per heavy atom. The van der Waals surface area contributed by atoms with E-state index < -0.39 is 0 Å². The van der Waals surface area contributed by atoms with Crippen LogP contribution < -0.4 is 0 Å². The Balaban J connectivity index is 2.53. The molecule has 1 aliphatic rings. The summed E-state index contributed by atoms with van der Waals surface area (Å²) in [5.74, 6) is 6.28. The number of hydrogen-bond acceptors (Lipinski definition) is 3. The number of allylic oxidation sites excluding steroid dienone is 1. The van der Waals surface area contributed by atoms with E-state index in [1.54, 1.807) is 0 Å². The molecule has 1 saturated heterocycles. The van der Waals surface area contributed by atoms with E-state index in [1.807, 2.05) is 0 Å². The lowest BCUT2D eigenvalue weighted by Crippen LogP contribution is -2.22. The van der Waals surface area contributed by atoms with Crippen LogP contribution in [0.15, 0.2) is 12.2 Å². The van der Waals surface area contributed by atoms with Gasteiger partial charge in [-0.05, 0) is 142 Å². The van der Waals surface area contributed by atoms with E-state index in [-0.39, 0.29) is 23.8 Å². The van der Waals surface area contributed by atoms with E-state index in [9.17, 15) is 9.59 Å². The lowest BCUT2D eigenvalue weighted by Gasteiger charge is -2.26. The van der Waals surface area contributed by atoms with Crippen LogP contribution in [0, 0.1) is 76.9 Å². The highest BCUT2D eigenvalue weighted by Crippen LogP contribution is 2.38. The van der Waals surface area contributed by atoms with Crippen molar-refractivity contribution in [3.05, 3.63) is 12.2 Å². The molecule has 45 heavy (non-hydrogen) atoms. The molecule has 0 aromatic rings. The summed E-state index contributed by atoms with van der Waals surface area (Å²) in [5.41, 5.74) is 1.10. The third-order valence-electron chi connectivity index (χ3n) is 10.5. The van der Waals surface area contributed by atoms with Crippen molar-refractivity contribution in [2.45, 2.75) is 167 Å². The number of hydrogen-bond donors (Lipinski definition) is 0. The van der Waals surface area contributed by atoms with Crippen molar-refractivity contribution in [2.24, 2.45) is 76.9 Å². The molecule has 3 heteroatoms. The largest absolute Gasteiger partial charge is 0.393 e. The van der Waals surface area contributed by atoms with Gasteiger partial charge in [0.2, 0.25) is 0 Å².